The summed E-state index contributed by atoms with van der Waals surface area (Å²) in [6.45, 7) is 0.402. The van der Waals surface area contributed by atoms with Crippen LogP contribution in [0.15, 0.2) is 0 Å². The third-order valence-electron chi connectivity index (χ3n) is 3.60. The summed E-state index contributed by atoms with van der Waals surface area (Å²) in [6, 6.07) is -1.62. The van der Waals surface area contributed by atoms with Crippen molar-refractivity contribution in [1.82, 2.24) is 5.43 Å². The minimum absolute atomic E-state index is 0.339. The lowest BCUT2D eigenvalue weighted by atomic mass is 9.81. The molecule has 0 radical (unpaired) electrons. The molecule has 3 unspecified atom stereocenters. The summed E-state index contributed by atoms with van der Waals surface area (Å²) in [5.41, 5.74) is 1.59. The van der Waals surface area contributed by atoms with Crippen LogP contribution >= 0.6 is 11.8 Å². The lowest BCUT2D eigenvalue weighted by Gasteiger charge is -2.41. The van der Waals surface area contributed by atoms with Crippen LogP contribution in [0.25, 0.3) is 0 Å². The van der Waals surface area contributed by atoms with Gasteiger partial charge in [-0.1, -0.05) is 0 Å². The van der Waals surface area contributed by atoms with Gasteiger partial charge in [-0.05, 0) is 30.9 Å². The zero-order chi connectivity index (χ0) is 12.5. The zero-order valence-corrected chi connectivity index (χ0v) is 10.2. The van der Waals surface area contributed by atoms with Crippen molar-refractivity contribution in [2.45, 2.75) is 37.1 Å². The Labute approximate surface area is 103 Å². The van der Waals surface area contributed by atoms with Crippen LogP contribution in [-0.2, 0) is 4.74 Å². The monoisotopic (exact) mass is 270 g/mol. The number of hydrazine groups is 1. The molecule has 100 valence electrons. The Kier molecular flexibility index (Phi) is 3.92. The van der Waals surface area contributed by atoms with Crippen molar-refractivity contribution in [1.29, 1.82) is 0 Å². The topological polar surface area (TPSA) is 47.3 Å². The van der Waals surface area contributed by atoms with Crippen LogP contribution in [0, 0.1) is 5.92 Å². The zero-order valence-electron chi connectivity index (χ0n) is 9.43. The number of rotatable bonds is 2. The Morgan fingerprint density at radius 2 is 2.24 bits per heavy atom. The van der Waals surface area contributed by atoms with Gasteiger partial charge in [-0.15, -0.1) is 0 Å². The molecular weight excluding hydrogens is 253 g/mol. The summed E-state index contributed by atoms with van der Waals surface area (Å²) >= 11 is 1.75. The molecular formula is C10H17F3N2OS. The summed E-state index contributed by atoms with van der Waals surface area (Å²) in [4.78, 5) is 0. The first-order valence-electron chi connectivity index (χ1n) is 5.71. The summed E-state index contributed by atoms with van der Waals surface area (Å²) in [7, 11) is 0. The Hall–Kier alpha value is 0.0200. The molecule has 0 aliphatic carbocycles. The van der Waals surface area contributed by atoms with Crippen LogP contribution in [0.3, 0.4) is 0 Å². The normalized spacial score (nSPS) is 36.4. The van der Waals surface area contributed by atoms with E-state index in [1.165, 1.54) is 0 Å². The van der Waals surface area contributed by atoms with Gasteiger partial charge in [0, 0.05) is 12.4 Å². The quantitative estimate of drug-likeness (QED) is 0.592. The van der Waals surface area contributed by atoms with Crippen LogP contribution < -0.4 is 11.3 Å². The van der Waals surface area contributed by atoms with E-state index in [-0.39, 0.29) is 5.60 Å². The maximum absolute atomic E-state index is 12.8. The molecule has 2 heterocycles. The Morgan fingerprint density at radius 3 is 2.76 bits per heavy atom. The first kappa shape index (κ1) is 13.5. The number of hydrogen-bond donors (Lipinski definition) is 2. The van der Waals surface area contributed by atoms with Crippen molar-refractivity contribution in [2.75, 3.05) is 18.1 Å². The number of halogens is 3. The van der Waals surface area contributed by atoms with Crippen molar-refractivity contribution in [3.05, 3.63) is 0 Å². The molecule has 0 aromatic heterocycles. The molecule has 17 heavy (non-hydrogen) atoms. The van der Waals surface area contributed by atoms with E-state index in [1.54, 1.807) is 11.8 Å². The smallest absolute Gasteiger partial charge is 0.374 e. The van der Waals surface area contributed by atoms with E-state index in [9.17, 15) is 13.2 Å². The summed E-state index contributed by atoms with van der Waals surface area (Å²) < 4.78 is 44.1. The summed E-state index contributed by atoms with van der Waals surface area (Å²) in [5, 5.41) is 0. The molecule has 3 N–H and O–H groups in total. The van der Waals surface area contributed by atoms with Crippen molar-refractivity contribution < 1.29 is 17.9 Å². The van der Waals surface area contributed by atoms with Crippen LogP contribution in [0.4, 0.5) is 13.2 Å². The highest BCUT2D eigenvalue weighted by Gasteiger charge is 2.49. The van der Waals surface area contributed by atoms with Crippen molar-refractivity contribution in [3.8, 4) is 0 Å². The highest BCUT2D eigenvalue weighted by atomic mass is 32.2. The van der Waals surface area contributed by atoms with Gasteiger partial charge in [0.25, 0.3) is 0 Å². The third kappa shape index (κ3) is 2.89. The van der Waals surface area contributed by atoms with E-state index in [1.807, 2.05) is 5.43 Å². The number of nitrogens with two attached hydrogens (primary N) is 1. The Bertz CT molecular complexity index is 269. The van der Waals surface area contributed by atoms with Gasteiger partial charge >= 0.3 is 6.18 Å². The maximum Gasteiger partial charge on any atom is 0.405 e. The molecule has 0 bridgehead atoms. The molecule has 2 fully saturated rings. The number of alkyl halides is 3. The SMILES string of the molecule is NNC(C1CCOC2(CCSC2)C1)C(F)(F)F. The molecule has 3 nitrogen and oxygen atoms in total. The molecule has 0 aromatic rings. The molecule has 2 aliphatic heterocycles. The Morgan fingerprint density at radius 1 is 1.47 bits per heavy atom. The van der Waals surface area contributed by atoms with E-state index >= 15 is 0 Å². The molecule has 3 atom stereocenters. The van der Waals surface area contributed by atoms with Gasteiger partial charge in [0.1, 0.15) is 6.04 Å². The van der Waals surface area contributed by atoms with Crippen molar-refractivity contribution >= 4 is 11.8 Å². The number of thioether (sulfide) groups is 1. The van der Waals surface area contributed by atoms with Crippen molar-refractivity contribution in [3.63, 3.8) is 0 Å². The van der Waals surface area contributed by atoms with E-state index in [0.29, 0.717) is 19.4 Å². The molecule has 0 amide bonds. The predicted molar refractivity (Wildman–Crippen MR) is 60.5 cm³/mol. The minimum Gasteiger partial charge on any atom is -0.374 e. The van der Waals surface area contributed by atoms with E-state index in [0.717, 1.165) is 17.9 Å². The minimum atomic E-state index is -4.29. The summed E-state index contributed by atoms with van der Waals surface area (Å²) in [5.74, 6) is 6.36. The first-order chi connectivity index (χ1) is 7.97. The lowest BCUT2D eigenvalue weighted by Crippen LogP contribution is -2.55. The second-order valence-corrected chi connectivity index (χ2v) is 5.88. The fourth-order valence-electron chi connectivity index (χ4n) is 2.71. The van der Waals surface area contributed by atoms with Crippen LogP contribution in [0.1, 0.15) is 19.3 Å². The largest absolute Gasteiger partial charge is 0.405 e. The fourth-order valence-corrected chi connectivity index (χ4v) is 4.09. The van der Waals surface area contributed by atoms with Crippen molar-refractivity contribution in [2.24, 2.45) is 11.8 Å². The molecule has 2 aliphatic rings. The number of hydrogen-bond acceptors (Lipinski definition) is 4. The van der Waals surface area contributed by atoms with Crippen LogP contribution in [-0.4, -0.2) is 35.9 Å². The van der Waals surface area contributed by atoms with Gasteiger partial charge < -0.3 is 4.74 Å². The number of ether oxygens (including phenoxy) is 1. The molecule has 0 aromatic carbocycles. The standard InChI is InChI=1S/C10H17F3N2OS/c11-10(12,13)8(15-14)7-1-3-16-9(5-7)2-4-17-6-9/h7-8,15H,1-6,14H2. The molecule has 2 rings (SSSR count). The van der Waals surface area contributed by atoms with Gasteiger partial charge in [0.05, 0.1) is 5.60 Å². The van der Waals surface area contributed by atoms with Crippen LogP contribution in [0.2, 0.25) is 0 Å². The molecule has 1 spiro atoms. The van der Waals surface area contributed by atoms with E-state index in [2.05, 4.69) is 0 Å². The second-order valence-electron chi connectivity index (χ2n) is 4.77. The first-order valence-corrected chi connectivity index (χ1v) is 6.87. The molecule has 2 saturated heterocycles. The van der Waals surface area contributed by atoms with Gasteiger partial charge in [0.15, 0.2) is 0 Å². The average molecular weight is 270 g/mol. The molecule has 7 heteroatoms. The average Bonchev–Trinajstić information content (AvgIpc) is 2.65. The van der Waals surface area contributed by atoms with Gasteiger partial charge in [-0.2, -0.15) is 24.9 Å². The lowest BCUT2D eigenvalue weighted by molar-refractivity contribution is -0.185. The van der Waals surface area contributed by atoms with Crippen LogP contribution in [0.5, 0.6) is 0 Å². The Balaban J connectivity index is 2.05. The van der Waals surface area contributed by atoms with Gasteiger partial charge in [-0.25, -0.2) is 5.43 Å². The highest BCUT2D eigenvalue weighted by Crippen LogP contribution is 2.43. The van der Waals surface area contributed by atoms with Gasteiger partial charge in [0.2, 0.25) is 0 Å². The number of nitrogens with one attached hydrogen (secondary N) is 1. The summed E-state index contributed by atoms with van der Waals surface area (Å²) in [6.07, 6.45) is -2.57. The highest BCUT2D eigenvalue weighted by molar-refractivity contribution is 7.99. The second kappa shape index (κ2) is 4.95. The maximum atomic E-state index is 12.8. The molecule has 0 saturated carbocycles. The third-order valence-corrected chi connectivity index (χ3v) is 4.82. The predicted octanol–water partition coefficient (Wildman–Crippen LogP) is 1.68. The fraction of sp³-hybridized carbons (Fsp3) is 1.00. The van der Waals surface area contributed by atoms with E-state index in [4.69, 9.17) is 10.6 Å². The van der Waals surface area contributed by atoms with E-state index < -0.39 is 18.1 Å². The van der Waals surface area contributed by atoms with Gasteiger partial charge in [-0.3, -0.25) is 5.84 Å².